The van der Waals surface area contributed by atoms with Crippen LogP contribution in [0.2, 0.25) is 0 Å². The summed E-state index contributed by atoms with van der Waals surface area (Å²) in [4.78, 5) is 5.15. The van der Waals surface area contributed by atoms with Crippen molar-refractivity contribution in [2.75, 3.05) is 26.2 Å². The average Bonchev–Trinajstić information content (AvgIpc) is 2.72. The van der Waals surface area contributed by atoms with Crippen LogP contribution in [0.3, 0.4) is 0 Å². The van der Waals surface area contributed by atoms with Crippen LogP contribution in [0.15, 0.2) is 60.7 Å². The van der Waals surface area contributed by atoms with Crippen molar-refractivity contribution in [3.8, 4) is 0 Å². The first-order valence-electron chi connectivity index (χ1n) is 9.88. The Labute approximate surface area is 155 Å². The summed E-state index contributed by atoms with van der Waals surface area (Å²) < 4.78 is 0. The second kappa shape index (κ2) is 12.7. The van der Waals surface area contributed by atoms with E-state index >= 15 is 0 Å². The van der Waals surface area contributed by atoms with E-state index in [-0.39, 0.29) is 0 Å². The van der Waals surface area contributed by atoms with E-state index in [9.17, 15) is 0 Å². The van der Waals surface area contributed by atoms with Crippen LogP contribution >= 0.6 is 0 Å². The predicted molar refractivity (Wildman–Crippen MR) is 111 cm³/mol. The van der Waals surface area contributed by atoms with Gasteiger partial charge in [-0.1, -0.05) is 88.4 Å². The lowest BCUT2D eigenvalue weighted by atomic mass is 10.1. The molecule has 1 unspecified atom stereocenters. The van der Waals surface area contributed by atoms with Crippen LogP contribution in [0.4, 0.5) is 0 Å². The predicted octanol–water partition coefficient (Wildman–Crippen LogP) is 5.62. The molecule has 1 aliphatic heterocycles. The van der Waals surface area contributed by atoms with Gasteiger partial charge >= 0.3 is 0 Å². The molecule has 2 heteroatoms. The van der Waals surface area contributed by atoms with Crippen LogP contribution < -0.4 is 0 Å². The first-order chi connectivity index (χ1) is 12.3. The smallest absolute Gasteiger partial charge is 0.0320 e. The fourth-order valence-electron chi connectivity index (χ4n) is 3.09. The lowest BCUT2D eigenvalue weighted by Crippen LogP contribution is -2.46. The summed E-state index contributed by atoms with van der Waals surface area (Å²) in [6.07, 6.45) is 0. The molecule has 2 nitrogen and oxygen atoms in total. The van der Waals surface area contributed by atoms with Gasteiger partial charge in [0.05, 0.1) is 0 Å². The molecule has 0 aromatic heterocycles. The lowest BCUT2D eigenvalue weighted by Gasteiger charge is -2.38. The fourth-order valence-corrected chi connectivity index (χ4v) is 3.09. The summed E-state index contributed by atoms with van der Waals surface area (Å²) in [6, 6.07) is 22.1. The molecule has 0 bridgehead atoms. The Hall–Kier alpha value is -1.64. The summed E-state index contributed by atoms with van der Waals surface area (Å²) >= 11 is 0. The van der Waals surface area contributed by atoms with E-state index in [0.717, 1.165) is 32.7 Å². The second-order valence-electron chi connectivity index (χ2n) is 5.88. The van der Waals surface area contributed by atoms with Crippen molar-refractivity contribution in [2.45, 2.75) is 47.2 Å². The number of hydrogen-bond acceptors (Lipinski definition) is 2. The quantitative estimate of drug-likeness (QED) is 0.713. The minimum Gasteiger partial charge on any atom is -0.297 e. The highest BCUT2D eigenvalue weighted by molar-refractivity contribution is 5.18. The van der Waals surface area contributed by atoms with Gasteiger partial charge in [0.1, 0.15) is 0 Å². The molecule has 2 aromatic carbocycles. The number of nitrogens with zero attached hydrogens (tertiary/aromatic N) is 2. The van der Waals surface area contributed by atoms with Gasteiger partial charge in [-0.2, -0.15) is 0 Å². The van der Waals surface area contributed by atoms with Gasteiger partial charge in [-0.25, -0.2) is 0 Å². The van der Waals surface area contributed by atoms with E-state index in [1.807, 2.05) is 27.7 Å². The summed E-state index contributed by atoms with van der Waals surface area (Å²) in [5.74, 6) is 0. The van der Waals surface area contributed by atoms with Crippen molar-refractivity contribution in [3.63, 3.8) is 0 Å². The van der Waals surface area contributed by atoms with E-state index in [1.54, 1.807) is 0 Å². The van der Waals surface area contributed by atoms with Gasteiger partial charge in [-0.15, -0.1) is 0 Å². The third-order valence-electron chi connectivity index (χ3n) is 4.49. The van der Waals surface area contributed by atoms with Crippen molar-refractivity contribution in [1.82, 2.24) is 9.80 Å². The van der Waals surface area contributed by atoms with Gasteiger partial charge in [-0.05, 0) is 18.1 Å². The first-order valence-corrected chi connectivity index (χ1v) is 9.88. The minimum atomic E-state index is 0.519. The normalized spacial score (nSPS) is 16.0. The Kier molecular flexibility index (Phi) is 10.9. The average molecular weight is 341 g/mol. The highest BCUT2D eigenvalue weighted by Gasteiger charge is 2.21. The zero-order valence-electron chi connectivity index (χ0n) is 16.8. The Morgan fingerprint density at radius 3 is 1.72 bits per heavy atom. The molecule has 2 aromatic rings. The monoisotopic (exact) mass is 340 g/mol. The van der Waals surface area contributed by atoms with Crippen molar-refractivity contribution < 1.29 is 0 Å². The van der Waals surface area contributed by atoms with Crippen LogP contribution in [0.5, 0.6) is 0 Å². The SMILES string of the molecule is CC.CC.CC(c1ccccc1)N1CCN(Cc2ccccc2)CC1. The Morgan fingerprint density at radius 2 is 1.20 bits per heavy atom. The van der Waals surface area contributed by atoms with Crippen molar-refractivity contribution in [2.24, 2.45) is 0 Å². The van der Waals surface area contributed by atoms with Crippen LogP contribution in [0.25, 0.3) is 0 Å². The van der Waals surface area contributed by atoms with Crippen molar-refractivity contribution in [3.05, 3.63) is 71.8 Å². The molecule has 0 spiro atoms. The highest BCUT2D eigenvalue weighted by atomic mass is 15.3. The molecule has 1 aliphatic rings. The van der Waals surface area contributed by atoms with E-state index in [2.05, 4.69) is 77.4 Å². The zero-order chi connectivity index (χ0) is 18.5. The number of benzene rings is 2. The highest BCUT2D eigenvalue weighted by Crippen LogP contribution is 2.21. The van der Waals surface area contributed by atoms with Crippen molar-refractivity contribution in [1.29, 1.82) is 0 Å². The molecule has 1 atom stereocenters. The summed E-state index contributed by atoms with van der Waals surface area (Å²) in [6.45, 7) is 16.0. The molecule has 1 fully saturated rings. The second-order valence-corrected chi connectivity index (χ2v) is 5.88. The lowest BCUT2D eigenvalue weighted by molar-refractivity contribution is 0.0978. The molecule has 1 saturated heterocycles. The Bertz CT molecular complexity index is 531. The number of hydrogen-bond donors (Lipinski definition) is 0. The first kappa shape index (κ1) is 21.4. The molecule has 1 heterocycles. The number of rotatable bonds is 4. The van der Waals surface area contributed by atoms with Crippen molar-refractivity contribution >= 4 is 0 Å². The van der Waals surface area contributed by atoms with Gasteiger partial charge in [0.15, 0.2) is 0 Å². The maximum atomic E-state index is 2.59. The van der Waals surface area contributed by atoms with Gasteiger partial charge < -0.3 is 0 Å². The van der Waals surface area contributed by atoms with Gasteiger partial charge in [-0.3, -0.25) is 9.80 Å². The molecule has 0 N–H and O–H groups in total. The number of piperazine rings is 1. The largest absolute Gasteiger partial charge is 0.297 e. The third kappa shape index (κ3) is 7.01. The molecule has 25 heavy (non-hydrogen) atoms. The van der Waals surface area contributed by atoms with Crippen LogP contribution in [0, 0.1) is 0 Å². The third-order valence-corrected chi connectivity index (χ3v) is 4.49. The Morgan fingerprint density at radius 1 is 0.720 bits per heavy atom. The maximum Gasteiger partial charge on any atom is 0.0320 e. The van der Waals surface area contributed by atoms with E-state index in [1.165, 1.54) is 11.1 Å². The molecule has 0 aliphatic carbocycles. The molecular weight excluding hydrogens is 304 g/mol. The van der Waals surface area contributed by atoms with E-state index in [0.29, 0.717) is 6.04 Å². The molecule has 0 radical (unpaired) electrons. The van der Waals surface area contributed by atoms with Gasteiger partial charge in [0.2, 0.25) is 0 Å². The molecule has 138 valence electrons. The van der Waals surface area contributed by atoms with Gasteiger partial charge in [0.25, 0.3) is 0 Å². The van der Waals surface area contributed by atoms with E-state index in [4.69, 9.17) is 0 Å². The summed E-state index contributed by atoms with van der Waals surface area (Å²) in [7, 11) is 0. The van der Waals surface area contributed by atoms with Gasteiger partial charge in [0, 0.05) is 38.8 Å². The Balaban J connectivity index is 0.000000730. The topological polar surface area (TPSA) is 6.48 Å². The zero-order valence-corrected chi connectivity index (χ0v) is 16.8. The van der Waals surface area contributed by atoms with Crippen LogP contribution in [-0.4, -0.2) is 36.0 Å². The molecule has 0 amide bonds. The van der Waals surface area contributed by atoms with Crippen LogP contribution in [-0.2, 0) is 6.54 Å². The van der Waals surface area contributed by atoms with Crippen LogP contribution in [0.1, 0.15) is 51.8 Å². The molecule has 0 saturated carbocycles. The minimum absolute atomic E-state index is 0.519. The summed E-state index contributed by atoms with van der Waals surface area (Å²) in [5.41, 5.74) is 2.84. The molecule has 3 rings (SSSR count). The molecular formula is C23H36N2. The maximum absolute atomic E-state index is 2.59. The standard InChI is InChI=1S/C19H24N2.2C2H6/c1-17(19-10-6-3-7-11-19)21-14-12-20(13-15-21)16-18-8-4-2-5-9-18;2*1-2/h2-11,17H,12-16H2,1H3;2*1-2H3. The summed E-state index contributed by atoms with van der Waals surface area (Å²) in [5, 5.41) is 0. The fraction of sp³-hybridized carbons (Fsp3) is 0.478. The van der Waals surface area contributed by atoms with E-state index < -0.39 is 0 Å².